The number of aromatic nitrogens is 1. The number of nitrogens with zero attached hydrogens (tertiary/aromatic N) is 1. The first-order valence-corrected chi connectivity index (χ1v) is 5.28. The van der Waals surface area contributed by atoms with Gasteiger partial charge in [-0.25, -0.2) is 0 Å². The lowest BCUT2D eigenvalue weighted by molar-refractivity contribution is -0.00263. The highest BCUT2D eigenvalue weighted by atomic mass is 16.3. The molecule has 1 saturated heterocycles. The van der Waals surface area contributed by atoms with Gasteiger partial charge in [-0.1, -0.05) is 18.2 Å². The van der Waals surface area contributed by atoms with Gasteiger partial charge in [0, 0.05) is 36.7 Å². The number of aromatic amines is 1. The summed E-state index contributed by atoms with van der Waals surface area (Å²) >= 11 is 0. The fraction of sp³-hybridized carbons (Fsp3) is 0.333. The fourth-order valence-electron chi connectivity index (χ4n) is 2.18. The Hall–Kier alpha value is -1.32. The number of fused-ring (bicyclic) bond motifs is 1. The van der Waals surface area contributed by atoms with Gasteiger partial charge in [-0.3, -0.25) is 4.90 Å². The quantitative estimate of drug-likeness (QED) is 0.771. The maximum atomic E-state index is 9.21. The number of likely N-dealkylation sites (tertiary alicyclic amines) is 1. The molecular formula is C12H14N2O. The summed E-state index contributed by atoms with van der Waals surface area (Å²) in [7, 11) is 0. The second kappa shape index (κ2) is 3.36. The molecule has 0 atom stereocenters. The van der Waals surface area contributed by atoms with Crippen molar-refractivity contribution < 1.29 is 5.11 Å². The smallest absolute Gasteiger partial charge is 0.0794 e. The van der Waals surface area contributed by atoms with Crippen molar-refractivity contribution in [3.63, 3.8) is 0 Å². The molecule has 1 aliphatic heterocycles. The van der Waals surface area contributed by atoms with E-state index in [2.05, 4.69) is 34.3 Å². The van der Waals surface area contributed by atoms with Gasteiger partial charge in [0.05, 0.1) is 6.10 Å². The predicted molar refractivity (Wildman–Crippen MR) is 59.6 cm³/mol. The summed E-state index contributed by atoms with van der Waals surface area (Å²) in [5.41, 5.74) is 2.51. The molecule has 1 aliphatic rings. The predicted octanol–water partition coefficient (Wildman–Crippen LogP) is 1.34. The summed E-state index contributed by atoms with van der Waals surface area (Å²) in [6, 6.07) is 8.32. The molecule has 0 unspecified atom stereocenters. The van der Waals surface area contributed by atoms with Gasteiger partial charge in [0.15, 0.2) is 0 Å². The lowest BCUT2D eigenvalue weighted by atomic mass is 10.1. The Morgan fingerprint density at radius 1 is 1.33 bits per heavy atom. The topological polar surface area (TPSA) is 39.3 Å². The van der Waals surface area contributed by atoms with E-state index in [0.717, 1.165) is 19.6 Å². The molecule has 0 aliphatic carbocycles. The highest BCUT2D eigenvalue weighted by Crippen LogP contribution is 2.21. The Kier molecular flexibility index (Phi) is 2.01. The molecule has 0 radical (unpaired) electrons. The van der Waals surface area contributed by atoms with Crippen LogP contribution in [0.4, 0.5) is 0 Å². The highest BCUT2D eigenvalue weighted by Gasteiger charge is 2.24. The van der Waals surface area contributed by atoms with Gasteiger partial charge in [0.25, 0.3) is 0 Å². The molecule has 3 nitrogen and oxygen atoms in total. The van der Waals surface area contributed by atoms with Gasteiger partial charge in [-0.05, 0) is 11.6 Å². The molecule has 78 valence electrons. The average molecular weight is 202 g/mol. The van der Waals surface area contributed by atoms with Crippen LogP contribution >= 0.6 is 0 Å². The summed E-state index contributed by atoms with van der Waals surface area (Å²) in [6.07, 6.45) is 1.95. The van der Waals surface area contributed by atoms with E-state index >= 15 is 0 Å². The van der Waals surface area contributed by atoms with E-state index in [0.29, 0.717) is 0 Å². The molecular weight excluding hydrogens is 188 g/mol. The van der Waals surface area contributed by atoms with Crippen LogP contribution in [-0.4, -0.2) is 34.2 Å². The largest absolute Gasteiger partial charge is 0.390 e. The third-order valence-corrected chi connectivity index (χ3v) is 3.01. The molecule has 15 heavy (non-hydrogen) atoms. The number of aliphatic hydroxyl groups excluding tert-OH is 1. The zero-order valence-electron chi connectivity index (χ0n) is 8.48. The maximum Gasteiger partial charge on any atom is 0.0794 e. The first-order valence-electron chi connectivity index (χ1n) is 5.28. The number of benzene rings is 1. The van der Waals surface area contributed by atoms with Crippen molar-refractivity contribution in [3.8, 4) is 0 Å². The minimum Gasteiger partial charge on any atom is -0.390 e. The fourth-order valence-corrected chi connectivity index (χ4v) is 2.18. The van der Waals surface area contributed by atoms with E-state index in [-0.39, 0.29) is 6.10 Å². The van der Waals surface area contributed by atoms with Gasteiger partial charge in [0.1, 0.15) is 0 Å². The van der Waals surface area contributed by atoms with Gasteiger partial charge >= 0.3 is 0 Å². The number of hydrogen-bond donors (Lipinski definition) is 2. The van der Waals surface area contributed by atoms with Crippen molar-refractivity contribution in [3.05, 3.63) is 36.0 Å². The number of aliphatic hydroxyl groups is 1. The summed E-state index contributed by atoms with van der Waals surface area (Å²) in [4.78, 5) is 5.51. The van der Waals surface area contributed by atoms with Crippen LogP contribution < -0.4 is 0 Å². The molecule has 0 saturated carbocycles. The summed E-state index contributed by atoms with van der Waals surface area (Å²) in [5, 5.41) is 10.5. The molecule has 3 rings (SSSR count). The van der Waals surface area contributed by atoms with Crippen LogP contribution in [0.1, 0.15) is 5.56 Å². The monoisotopic (exact) mass is 202 g/mol. The van der Waals surface area contributed by atoms with Crippen LogP contribution in [0, 0.1) is 0 Å². The Bertz CT molecular complexity index is 471. The van der Waals surface area contributed by atoms with Crippen LogP contribution in [0.5, 0.6) is 0 Å². The van der Waals surface area contributed by atoms with E-state index < -0.39 is 0 Å². The van der Waals surface area contributed by atoms with E-state index in [9.17, 15) is 5.11 Å². The molecule has 1 aromatic carbocycles. The average Bonchev–Trinajstić information content (AvgIpc) is 2.60. The van der Waals surface area contributed by atoms with Crippen LogP contribution in [0.25, 0.3) is 10.9 Å². The van der Waals surface area contributed by atoms with Crippen molar-refractivity contribution in [2.75, 3.05) is 13.1 Å². The standard InChI is InChI=1S/C12H14N2O/c15-10-7-14(8-10)6-9-5-13-12-4-2-1-3-11(9)12/h1-5,10,13,15H,6-8H2. The molecule has 3 heteroatoms. The first kappa shape index (κ1) is 8.95. The van der Waals surface area contributed by atoms with Crippen LogP contribution in [0.15, 0.2) is 30.5 Å². The Labute approximate surface area is 88.3 Å². The Balaban J connectivity index is 1.85. The summed E-state index contributed by atoms with van der Waals surface area (Å²) in [5.74, 6) is 0. The third-order valence-electron chi connectivity index (χ3n) is 3.01. The molecule has 2 N–H and O–H groups in total. The number of rotatable bonds is 2. The Morgan fingerprint density at radius 2 is 2.13 bits per heavy atom. The minimum absolute atomic E-state index is 0.116. The number of β-amino-alcohol motifs (C(OH)–C–C–N with tert-alkyl or cyclic N) is 1. The van der Waals surface area contributed by atoms with Gasteiger partial charge in [0.2, 0.25) is 0 Å². The lowest BCUT2D eigenvalue weighted by Crippen LogP contribution is -2.49. The van der Waals surface area contributed by atoms with Crippen molar-refractivity contribution in [1.29, 1.82) is 0 Å². The van der Waals surface area contributed by atoms with Gasteiger partial charge in [-0.15, -0.1) is 0 Å². The molecule has 0 spiro atoms. The number of nitrogens with one attached hydrogen (secondary N) is 1. The van der Waals surface area contributed by atoms with Crippen molar-refractivity contribution >= 4 is 10.9 Å². The Morgan fingerprint density at radius 3 is 2.93 bits per heavy atom. The minimum atomic E-state index is -0.116. The second-order valence-electron chi connectivity index (χ2n) is 4.21. The normalized spacial score (nSPS) is 18.2. The number of H-pyrrole nitrogens is 1. The summed E-state index contributed by atoms with van der Waals surface area (Å²) < 4.78 is 0. The van der Waals surface area contributed by atoms with Crippen LogP contribution in [-0.2, 0) is 6.54 Å². The molecule has 2 heterocycles. The second-order valence-corrected chi connectivity index (χ2v) is 4.21. The summed E-state index contributed by atoms with van der Waals surface area (Å²) in [6.45, 7) is 2.54. The van der Waals surface area contributed by atoms with Gasteiger partial charge in [-0.2, -0.15) is 0 Å². The molecule has 1 fully saturated rings. The molecule has 1 aromatic heterocycles. The van der Waals surface area contributed by atoms with Gasteiger partial charge < -0.3 is 10.1 Å². The molecule has 2 aromatic rings. The van der Waals surface area contributed by atoms with Crippen LogP contribution in [0.3, 0.4) is 0 Å². The van der Waals surface area contributed by atoms with E-state index in [1.54, 1.807) is 0 Å². The third kappa shape index (κ3) is 1.54. The number of para-hydroxylation sites is 1. The molecule has 0 bridgehead atoms. The molecule has 0 amide bonds. The first-order chi connectivity index (χ1) is 7.33. The van der Waals surface area contributed by atoms with Crippen LogP contribution in [0.2, 0.25) is 0 Å². The van der Waals surface area contributed by atoms with Crippen molar-refractivity contribution in [2.24, 2.45) is 0 Å². The van der Waals surface area contributed by atoms with E-state index in [4.69, 9.17) is 0 Å². The zero-order valence-corrected chi connectivity index (χ0v) is 8.48. The van der Waals surface area contributed by atoms with Crippen molar-refractivity contribution in [2.45, 2.75) is 12.6 Å². The van der Waals surface area contributed by atoms with E-state index in [1.807, 2.05) is 6.07 Å². The highest BCUT2D eigenvalue weighted by molar-refractivity contribution is 5.82. The maximum absolute atomic E-state index is 9.21. The SMILES string of the molecule is OC1CN(Cc2c[nH]c3ccccc23)C1. The number of hydrogen-bond acceptors (Lipinski definition) is 2. The lowest BCUT2D eigenvalue weighted by Gasteiger charge is -2.35. The zero-order chi connectivity index (χ0) is 10.3. The van der Waals surface area contributed by atoms with Crippen molar-refractivity contribution in [1.82, 2.24) is 9.88 Å². The van der Waals surface area contributed by atoms with E-state index in [1.165, 1.54) is 16.5 Å².